The zero-order chi connectivity index (χ0) is 23.0. The lowest BCUT2D eigenvalue weighted by molar-refractivity contribution is -0.563. The van der Waals surface area contributed by atoms with E-state index in [1.165, 1.54) is 0 Å². The van der Waals surface area contributed by atoms with Crippen molar-refractivity contribution in [2.45, 2.75) is 38.1 Å². The van der Waals surface area contributed by atoms with Crippen molar-refractivity contribution in [3.05, 3.63) is 35.5 Å². The number of amides is 1. The summed E-state index contributed by atoms with van der Waals surface area (Å²) in [4.78, 5) is 17.2. The summed E-state index contributed by atoms with van der Waals surface area (Å²) in [5.41, 5.74) is 13.8. The van der Waals surface area contributed by atoms with E-state index >= 15 is 0 Å². The van der Waals surface area contributed by atoms with Crippen molar-refractivity contribution in [1.82, 2.24) is 10.1 Å². The predicted molar refractivity (Wildman–Crippen MR) is 122 cm³/mol. The third-order valence-electron chi connectivity index (χ3n) is 5.26. The number of aromatic nitrogens is 3. The summed E-state index contributed by atoms with van der Waals surface area (Å²) in [6, 6.07) is 7.35. The second-order valence-corrected chi connectivity index (χ2v) is 8.79. The van der Waals surface area contributed by atoms with E-state index in [-0.39, 0.29) is 5.56 Å². The molecule has 2 heterocycles. The molecule has 0 atom stereocenters. The molecule has 1 saturated carbocycles. The first-order valence-corrected chi connectivity index (χ1v) is 10.5. The number of hydrogen-bond acceptors (Lipinski definition) is 7. The summed E-state index contributed by atoms with van der Waals surface area (Å²) in [6.07, 6.45) is 2.16. The van der Waals surface area contributed by atoms with Crippen molar-refractivity contribution >= 4 is 28.9 Å². The maximum Gasteiger partial charge on any atom is 0.301 e. The number of carbonyl (C=O) groups is 1. The van der Waals surface area contributed by atoms with Gasteiger partial charge in [-0.3, -0.25) is 4.79 Å². The molecule has 0 saturated heterocycles. The summed E-state index contributed by atoms with van der Waals surface area (Å²) in [5, 5.41) is 9.82. The predicted octanol–water partition coefficient (Wildman–Crippen LogP) is 2.03. The highest BCUT2D eigenvalue weighted by Gasteiger charge is 2.33. The Morgan fingerprint density at radius 1 is 1.22 bits per heavy atom. The summed E-state index contributed by atoms with van der Waals surface area (Å²) in [7, 11) is 3.15. The lowest BCUT2D eigenvalue weighted by Gasteiger charge is -2.16. The molecule has 10 heteroatoms. The number of rotatable bonds is 9. The van der Waals surface area contributed by atoms with Crippen LogP contribution in [0.4, 0.5) is 17.3 Å². The van der Waals surface area contributed by atoms with Gasteiger partial charge in [0, 0.05) is 35.3 Å². The summed E-state index contributed by atoms with van der Waals surface area (Å²) < 4.78 is 12.4. The molecule has 0 radical (unpaired) electrons. The molecular formula is C22H30N7O3+. The Labute approximate surface area is 186 Å². The van der Waals surface area contributed by atoms with Gasteiger partial charge in [-0.2, -0.15) is 0 Å². The zero-order valence-corrected chi connectivity index (χ0v) is 18.8. The number of H-pyrrole nitrogens is 1. The first-order chi connectivity index (χ1) is 15.2. The Morgan fingerprint density at radius 2 is 1.88 bits per heavy atom. The van der Waals surface area contributed by atoms with Gasteiger partial charge in [0.25, 0.3) is 5.91 Å². The number of primary amides is 1. The second kappa shape index (κ2) is 8.19. The van der Waals surface area contributed by atoms with Crippen molar-refractivity contribution in [1.29, 1.82) is 0 Å². The van der Waals surface area contributed by atoms with Gasteiger partial charge in [0.05, 0.1) is 26.8 Å². The Bertz CT molecular complexity index is 1140. The van der Waals surface area contributed by atoms with Gasteiger partial charge >= 0.3 is 5.65 Å². The number of hydrogen-bond donors (Lipinski definition) is 5. The molecule has 32 heavy (non-hydrogen) atoms. The molecule has 7 N–H and O–H groups in total. The number of carbonyl (C=O) groups excluding carboxylic acids is 1. The number of anilines is 3. The van der Waals surface area contributed by atoms with Crippen LogP contribution in [0.3, 0.4) is 0 Å². The van der Waals surface area contributed by atoms with E-state index in [2.05, 4.69) is 15.7 Å². The molecule has 2 aromatic heterocycles. The number of methoxy groups -OCH3 is 2. The summed E-state index contributed by atoms with van der Waals surface area (Å²) in [5.74, 6) is 2.20. The van der Waals surface area contributed by atoms with Gasteiger partial charge in [-0.15, -0.1) is 9.50 Å². The normalized spacial score (nSPS) is 13.8. The van der Waals surface area contributed by atoms with Crippen molar-refractivity contribution in [3.63, 3.8) is 0 Å². The van der Waals surface area contributed by atoms with Gasteiger partial charge in [0.1, 0.15) is 17.2 Å². The van der Waals surface area contributed by atoms with E-state index in [1.54, 1.807) is 36.9 Å². The number of nitrogens with two attached hydrogens (primary N) is 2. The number of nitrogens with zero attached hydrogens (tertiary/aromatic N) is 2. The van der Waals surface area contributed by atoms with E-state index in [9.17, 15) is 4.79 Å². The highest BCUT2D eigenvalue weighted by atomic mass is 16.5. The van der Waals surface area contributed by atoms with Crippen molar-refractivity contribution < 1.29 is 18.8 Å². The lowest BCUT2D eigenvalue weighted by atomic mass is 10.1. The minimum absolute atomic E-state index is 0.268. The van der Waals surface area contributed by atoms with Crippen LogP contribution in [0.2, 0.25) is 0 Å². The summed E-state index contributed by atoms with van der Waals surface area (Å²) >= 11 is 0. The van der Waals surface area contributed by atoms with E-state index in [1.807, 2.05) is 19.9 Å². The summed E-state index contributed by atoms with van der Waals surface area (Å²) in [6.45, 7) is 4.42. The average molecular weight is 441 g/mol. The van der Waals surface area contributed by atoms with Crippen LogP contribution in [-0.2, 0) is 0 Å². The molecule has 1 amide bonds. The van der Waals surface area contributed by atoms with E-state index in [0.29, 0.717) is 41.1 Å². The molecule has 1 aromatic carbocycles. The molecule has 1 aliphatic rings. The van der Waals surface area contributed by atoms with Gasteiger partial charge < -0.3 is 31.6 Å². The Kier molecular flexibility index (Phi) is 5.55. The van der Waals surface area contributed by atoms with Crippen LogP contribution in [0.25, 0.3) is 5.65 Å². The fourth-order valence-electron chi connectivity index (χ4n) is 3.47. The first-order valence-electron chi connectivity index (χ1n) is 10.5. The van der Waals surface area contributed by atoms with Crippen LogP contribution >= 0.6 is 0 Å². The van der Waals surface area contributed by atoms with Gasteiger partial charge in [-0.05, 0) is 26.7 Å². The van der Waals surface area contributed by atoms with Gasteiger partial charge in [-0.1, -0.05) is 0 Å². The number of ether oxygens (including phenoxy) is 2. The van der Waals surface area contributed by atoms with Crippen LogP contribution in [0, 0.1) is 0 Å². The van der Waals surface area contributed by atoms with Crippen LogP contribution in [-0.4, -0.2) is 42.3 Å². The molecule has 1 aliphatic carbocycles. The monoisotopic (exact) mass is 440 g/mol. The standard InChI is InChI=1S/C22H29N7O3/c1-22(2,24)11-25-17-10-16(12-5-6-12)27-21-18(19(23)30)20(28-29(17)21)26-13-7-14(31-3)9-15(8-13)32-4/h7-10,12H,5-6,11,24H2,1-4H3,(H4,23,25,26,27,28,30)/p+1. The fraction of sp³-hybridized carbons (Fsp3) is 0.409. The Hall–Kier alpha value is -3.53. The second-order valence-electron chi connectivity index (χ2n) is 8.79. The Balaban J connectivity index is 1.82. The minimum Gasteiger partial charge on any atom is -0.497 e. The van der Waals surface area contributed by atoms with Crippen LogP contribution in [0.5, 0.6) is 11.5 Å². The first kappa shape index (κ1) is 21.7. The maximum atomic E-state index is 12.5. The highest BCUT2D eigenvalue weighted by Crippen LogP contribution is 2.40. The van der Waals surface area contributed by atoms with E-state index in [4.69, 9.17) is 25.9 Å². The molecule has 3 aromatic rings. The fourth-order valence-corrected chi connectivity index (χ4v) is 3.47. The van der Waals surface area contributed by atoms with Gasteiger partial charge in [-0.25, -0.2) is 5.10 Å². The SMILES string of the molecule is COc1cc(Nc2[nH][n+]3c(NCC(C)(C)N)cc(C4CC4)nc3c2C(N)=O)cc(OC)c1. The van der Waals surface area contributed by atoms with Crippen LogP contribution in [0.1, 0.15) is 48.7 Å². The van der Waals surface area contributed by atoms with Gasteiger partial charge in [0.15, 0.2) is 11.4 Å². The molecular weight excluding hydrogens is 410 g/mol. The molecule has 1 fully saturated rings. The average Bonchev–Trinajstić information content (AvgIpc) is 3.52. The molecule has 4 rings (SSSR count). The quantitative estimate of drug-likeness (QED) is 0.320. The smallest absolute Gasteiger partial charge is 0.301 e. The molecule has 0 unspecified atom stereocenters. The van der Waals surface area contributed by atoms with Crippen molar-refractivity contribution in [2.75, 3.05) is 31.4 Å². The van der Waals surface area contributed by atoms with E-state index in [0.717, 1.165) is 24.4 Å². The molecule has 0 bridgehead atoms. The van der Waals surface area contributed by atoms with Crippen LogP contribution in [0.15, 0.2) is 24.3 Å². The number of aromatic amines is 1. The third-order valence-corrected chi connectivity index (χ3v) is 5.26. The molecule has 0 aliphatic heterocycles. The zero-order valence-electron chi connectivity index (χ0n) is 18.8. The molecule has 170 valence electrons. The van der Waals surface area contributed by atoms with Crippen molar-refractivity contribution in [3.8, 4) is 11.5 Å². The Morgan fingerprint density at radius 3 is 2.41 bits per heavy atom. The van der Waals surface area contributed by atoms with Gasteiger partial charge in [0.2, 0.25) is 5.82 Å². The van der Waals surface area contributed by atoms with Crippen LogP contribution < -0.4 is 36.1 Å². The number of nitrogens with one attached hydrogen (secondary N) is 3. The largest absolute Gasteiger partial charge is 0.497 e. The van der Waals surface area contributed by atoms with Crippen molar-refractivity contribution in [2.24, 2.45) is 11.5 Å². The number of benzene rings is 1. The molecule has 10 nitrogen and oxygen atoms in total. The van der Waals surface area contributed by atoms with E-state index < -0.39 is 11.4 Å². The lowest BCUT2D eigenvalue weighted by Crippen LogP contribution is -2.42. The topological polar surface area (TPSA) is 144 Å². The minimum atomic E-state index is -0.591. The number of fused-ring (bicyclic) bond motifs is 1. The highest BCUT2D eigenvalue weighted by molar-refractivity contribution is 6.03. The molecule has 0 spiro atoms. The third kappa shape index (κ3) is 4.54. The maximum absolute atomic E-state index is 12.5.